The average Bonchev–Trinajstić information content (AvgIpc) is 3.91. The number of aromatic nitrogens is 15. The van der Waals surface area contributed by atoms with E-state index in [0.717, 1.165) is 43.7 Å². The van der Waals surface area contributed by atoms with Crippen LogP contribution in [0.1, 0.15) is 52.4 Å². The number of aryl methyl sites for hydroxylation is 1. The van der Waals surface area contributed by atoms with Crippen molar-refractivity contribution in [2.45, 2.75) is 58.9 Å². The number of anilines is 1. The minimum absolute atomic E-state index is 0.226. The van der Waals surface area contributed by atoms with Crippen molar-refractivity contribution in [2.75, 3.05) is 11.9 Å². The van der Waals surface area contributed by atoms with Crippen LogP contribution in [0, 0.1) is 0 Å². The number of H-pyrrole nitrogens is 3. The number of imidazole rings is 2. The van der Waals surface area contributed by atoms with Gasteiger partial charge in [0.1, 0.15) is 35.3 Å². The van der Waals surface area contributed by atoms with E-state index in [2.05, 4.69) is 116 Å². The summed E-state index contributed by atoms with van der Waals surface area (Å²) in [6, 6.07) is 3.46. The summed E-state index contributed by atoms with van der Waals surface area (Å²) < 4.78 is 4.32. The largest absolute Gasteiger partial charge is 0.368 e. The Balaban J connectivity index is 0.000000168. The normalized spacial score (nSPS) is 11.2. The molecule has 7 aromatic rings. The lowest BCUT2D eigenvalue weighted by Gasteiger charge is -2.08. The number of fused-ring (bicyclic) bond motifs is 3. The van der Waals surface area contributed by atoms with Crippen molar-refractivity contribution in [1.29, 1.82) is 0 Å². The van der Waals surface area contributed by atoms with E-state index in [9.17, 15) is 4.79 Å². The second kappa shape index (κ2) is 15.3. The molecule has 48 heavy (non-hydrogen) atoms. The van der Waals surface area contributed by atoms with Crippen LogP contribution in [0.25, 0.3) is 51.4 Å². The fourth-order valence-corrected chi connectivity index (χ4v) is 5.71. The highest BCUT2D eigenvalue weighted by Crippen LogP contribution is 2.26. The van der Waals surface area contributed by atoms with E-state index in [0.29, 0.717) is 61.7 Å². The molecule has 0 saturated heterocycles. The molecule has 7 rings (SSSR count). The van der Waals surface area contributed by atoms with Crippen LogP contribution < -0.4 is 11.0 Å². The Morgan fingerprint density at radius 3 is 2.29 bits per heavy atom. The third kappa shape index (κ3) is 7.15. The predicted octanol–water partition coefficient (Wildman–Crippen LogP) is 5.19. The highest BCUT2D eigenvalue weighted by atomic mass is 79.9. The standard InChI is InChI=1S/C15H15BrN8O.C14H17BrN8/c1-2-3-4-7-23-12-10(19-14(16)20-12)13-22-21-11(24(13)15(23)25)9-5-6-17-8-18-9;1-2-3-4-6-17-12-10(19-14(15)21-12)13-20-11(22-23-13)9-5-7-16-8-18-9/h5-6,8H,2-4,7H2,1H3,(H,19,20);5,7-8,17H,2-4,6H2,1H3,(H,19,21)(H,20,22,23). The molecule has 0 bridgehead atoms. The van der Waals surface area contributed by atoms with Crippen LogP contribution in [0.5, 0.6) is 0 Å². The summed E-state index contributed by atoms with van der Waals surface area (Å²) in [6.07, 6.45) is 12.6. The van der Waals surface area contributed by atoms with Crippen molar-refractivity contribution in [3.63, 3.8) is 0 Å². The molecule has 0 unspecified atom stereocenters. The van der Waals surface area contributed by atoms with Crippen molar-refractivity contribution in [3.05, 3.63) is 57.1 Å². The Kier molecular flexibility index (Phi) is 10.5. The topological polar surface area (TPSA) is 215 Å². The molecule has 0 spiro atoms. The first-order chi connectivity index (χ1) is 23.5. The maximum atomic E-state index is 13.1. The first-order valence-electron chi connectivity index (χ1n) is 15.5. The molecule has 7 heterocycles. The number of hydrogen-bond acceptors (Lipinski definition) is 12. The van der Waals surface area contributed by atoms with Gasteiger partial charge in [-0.3, -0.25) is 9.67 Å². The van der Waals surface area contributed by atoms with Crippen LogP contribution in [-0.2, 0) is 6.54 Å². The van der Waals surface area contributed by atoms with Gasteiger partial charge in [-0.15, -0.1) is 10.2 Å². The molecule has 0 fully saturated rings. The SMILES string of the molecule is CCCCCNc1nc(Br)[nH]c1-c1nc(-c2ccncn2)n[nH]1.CCCCCn1c(=O)n2c(-c3ccncn3)nnc2c2[nH]c(Br)nc21. The van der Waals surface area contributed by atoms with E-state index in [1.807, 2.05) is 0 Å². The summed E-state index contributed by atoms with van der Waals surface area (Å²) in [5.74, 6) is 2.26. The van der Waals surface area contributed by atoms with E-state index >= 15 is 0 Å². The molecule has 7 aromatic heterocycles. The van der Waals surface area contributed by atoms with Crippen molar-refractivity contribution in [1.82, 2.24) is 74.2 Å². The van der Waals surface area contributed by atoms with Crippen LogP contribution in [0.15, 0.2) is 51.4 Å². The molecule has 0 radical (unpaired) electrons. The summed E-state index contributed by atoms with van der Waals surface area (Å²) in [5.41, 5.74) is 3.41. The van der Waals surface area contributed by atoms with Crippen LogP contribution in [0.2, 0.25) is 0 Å². The lowest BCUT2D eigenvalue weighted by Crippen LogP contribution is -2.28. The van der Waals surface area contributed by atoms with E-state index in [1.54, 1.807) is 29.1 Å². The first kappa shape index (κ1) is 33.0. The van der Waals surface area contributed by atoms with Gasteiger partial charge in [-0.1, -0.05) is 39.5 Å². The maximum Gasteiger partial charge on any atom is 0.337 e. The van der Waals surface area contributed by atoms with E-state index in [4.69, 9.17) is 0 Å². The number of halogens is 2. The predicted molar refractivity (Wildman–Crippen MR) is 186 cm³/mol. The third-order valence-electron chi connectivity index (χ3n) is 7.30. The molecule has 0 amide bonds. The molecule has 0 aliphatic carbocycles. The van der Waals surface area contributed by atoms with Crippen LogP contribution >= 0.6 is 31.9 Å². The molecule has 0 aromatic carbocycles. The molecule has 17 nitrogen and oxygen atoms in total. The van der Waals surface area contributed by atoms with Crippen LogP contribution in [-0.4, -0.2) is 80.8 Å². The molecular formula is C29H32Br2N16O. The van der Waals surface area contributed by atoms with Gasteiger partial charge in [-0.2, -0.15) is 5.10 Å². The van der Waals surface area contributed by atoms with Gasteiger partial charge in [-0.25, -0.2) is 44.1 Å². The van der Waals surface area contributed by atoms with Gasteiger partial charge in [-0.05, 0) is 56.8 Å². The number of aromatic amines is 3. The van der Waals surface area contributed by atoms with Crippen molar-refractivity contribution in [2.24, 2.45) is 0 Å². The van der Waals surface area contributed by atoms with Crippen molar-refractivity contribution >= 4 is 54.5 Å². The van der Waals surface area contributed by atoms with Gasteiger partial charge in [0.25, 0.3) is 0 Å². The summed E-state index contributed by atoms with van der Waals surface area (Å²) in [7, 11) is 0. The monoisotopic (exact) mass is 778 g/mol. The second-order valence-electron chi connectivity index (χ2n) is 10.6. The van der Waals surface area contributed by atoms with E-state index < -0.39 is 0 Å². The minimum atomic E-state index is -0.226. The van der Waals surface area contributed by atoms with Crippen LogP contribution in [0.4, 0.5) is 5.82 Å². The average molecular weight is 780 g/mol. The highest BCUT2D eigenvalue weighted by Gasteiger charge is 2.21. The van der Waals surface area contributed by atoms with Crippen molar-refractivity contribution < 1.29 is 0 Å². The molecule has 0 aliphatic rings. The lowest BCUT2D eigenvalue weighted by atomic mass is 10.2. The molecule has 0 aliphatic heterocycles. The summed E-state index contributed by atoms with van der Waals surface area (Å²) >= 11 is 6.71. The fraction of sp³-hybridized carbons (Fsp3) is 0.345. The molecule has 4 N–H and O–H groups in total. The van der Waals surface area contributed by atoms with Gasteiger partial charge in [0.2, 0.25) is 0 Å². The molecular weight excluding hydrogens is 748 g/mol. The highest BCUT2D eigenvalue weighted by molar-refractivity contribution is 9.10. The van der Waals surface area contributed by atoms with Crippen molar-refractivity contribution in [3.8, 4) is 34.6 Å². The van der Waals surface area contributed by atoms with E-state index in [1.165, 1.54) is 29.9 Å². The van der Waals surface area contributed by atoms with Gasteiger partial charge in [0, 0.05) is 25.5 Å². The zero-order chi connectivity index (χ0) is 33.5. The fourth-order valence-electron chi connectivity index (χ4n) is 4.97. The number of unbranched alkanes of at least 4 members (excludes halogenated alkanes) is 4. The Morgan fingerprint density at radius 1 is 0.833 bits per heavy atom. The Morgan fingerprint density at radius 2 is 1.56 bits per heavy atom. The Hall–Kier alpha value is -4.91. The Bertz CT molecular complexity index is 2150. The second-order valence-corrected chi connectivity index (χ2v) is 12.1. The summed E-state index contributed by atoms with van der Waals surface area (Å²) in [6.45, 7) is 5.75. The number of nitrogens with zero attached hydrogens (tertiary/aromatic N) is 12. The smallest absolute Gasteiger partial charge is 0.337 e. The van der Waals surface area contributed by atoms with Gasteiger partial charge >= 0.3 is 5.69 Å². The number of nitrogens with one attached hydrogen (secondary N) is 4. The van der Waals surface area contributed by atoms with Gasteiger partial charge < -0.3 is 15.3 Å². The van der Waals surface area contributed by atoms with Crippen LogP contribution in [0.3, 0.4) is 0 Å². The molecule has 19 heteroatoms. The van der Waals surface area contributed by atoms with Gasteiger partial charge in [0.15, 0.2) is 44.1 Å². The minimum Gasteiger partial charge on any atom is -0.368 e. The third-order valence-corrected chi connectivity index (χ3v) is 8.05. The van der Waals surface area contributed by atoms with Gasteiger partial charge in [0.05, 0.1) is 0 Å². The lowest BCUT2D eigenvalue weighted by molar-refractivity contribution is 0.586. The molecule has 0 atom stereocenters. The molecule has 0 saturated carbocycles. The zero-order valence-corrected chi connectivity index (χ0v) is 29.3. The maximum absolute atomic E-state index is 13.1. The zero-order valence-electron chi connectivity index (χ0n) is 26.2. The number of hydrogen-bond donors (Lipinski definition) is 4. The molecule has 248 valence electrons. The quantitative estimate of drug-likeness (QED) is 0.0931. The van der Waals surface area contributed by atoms with E-state index in [-0.39, 0.29) is 5.69 Å². The Labute approximate surface area is 290 Å². The first-order valence-corrected chi connectivity index (χ1v) is 17.0. The summed E-state index contributed by atoms with van der Waals surface area (Å²) in [4.78, 5) is 48.8. The number of rotatable bonds is 12. The summed E-state index contributed by atoms with van der Waals surface area (Å²) in [5, 5.41) is 18.8.